The average Bonchev–Trinajstić information content (AvgIpc) is 3.65. The second-order valence-electron chi connectivity index (χ2n) is 11.2. The highest BCUT2D eigenvalue weighted by Gasteiger charge is 2.21. The van der Waals surface area contributed by atoms with Gasteiger partial charge in [0, 0.05) is 28.1 Å². The van der Waals surface area contributed by atoms with Gasteiger partial charge in [-0.2, -0.15) is 15.8 Å². The molecular formula is C40H18N8. The summed E-state index contributed by atoms with van der Waals surface area (Å²) in [6, 6.07) is 36.3. The van der Waals surface area contributed by atoms with Gasteiger partial charge in [0.2, 0.25) is 0 Å². The van der Waals surface area contributed by atoms with E-state index in [1.54, 1.807) is 42.7 Å². The first kappa shape index (κ1) is 27.8. The van der Waals surface area contributed by atoms with E-state index in [4.69, 9.17) is 13.1 Å². The van der Waals surface area contributed by atoms with Crippen LogP contribution >= 0.6 is 0 Å². The van der Waals surface area contributed by atoms with Crippen LogP contribution in [0.2, 0.25) is 0 Å². The van der Waals surface area contributed by atoms with Crippen molar-refractivity contribution >= 4 is 55.0 Å². The van der Waals surface area contributed by atoms with Crippen molar-refractivity contribution in [1.82, 2.24) is 14.1 Å². The fraction of sp³-hybridized carbons (Fsp3) is 0. The summed E-state index contributed by atoms with van der Waals surface area (Å²) in [5.74, 6) is 0. The molecule has 0 fully saturated rings. The van der Waals surface area contributed by atoms with Gasteiger partial charge in [-0.25, -0.2) is 9.69 Å². The van der Waals surface area contributed by atoms with Crippen molar-refractivity contribution in [2.45, 2.75) is 0 Å². The van der Waals surface area contributed by atoms with E-state index in [1.807, 2.05) is 66.7 Å². The minimum atomic E-state index is 0.474. The van der Waals surface area contributed by atoms with E-state index in [1.165, 1.54) is 0 Å². The van der Waals surface area contributed by atoms with Crippen LogP contribution in [-0.4, -0.2) is 14.1 Å². The van der Waals surface area contributed by atoms with Crippen molar-refractivity contribution in [1.29, 1.82) is 15.8 Å². The molecule has 0 bridgehead atoms. The zero-order valence-corrected chi connectivity index (χ0v) is 25.0. The highest BCUT2D eigenvalue weighted by Crippen LogP contribution is 2.42. The lowest BCUT2D eigenvalue weighted by atomic mass is 10.00. The van der Waals surface area contributed by atoms with Crippen molar-refractivity contribution in [2.75, 3.05) is 0 Å². The maximum absolute atomic E-state index is 10.0. The highest BCUT2D eigenvalue weighted by atomic mass is 15.0. The van der Waals surface area contributed by atoms with E-state index in [2.05, 4.69) is 42.0 Å². The molecule has 0 aliphatic heterocycles. The summed E-state index contributed by atoms with van der Waals surface area (Å²) in [6.45, 7) is 15.2. The Morgan fingerprint density at radius 1 is 0.500 bits per heavy atom. The Morgan fingerprint density at radius 2 is 0.958 bits per heavy atom. The summed E-state index contributed by atoms with van der Waals surface area (Å²) in [5.41, 5.74) is 8.97. The molecule has 8 rings (SSSR count). The monoisotopic (exact) mass is 610 g/mol. The molecule has 48 heavy (non-hydrogen) atoms. The van der Waals surface area contributed by atoms with E-state index in [0.29, 0.717) is 28.1 Å². The van der Waals surface area contributed by atoms with Crippen LogP contribution < -0.4 is 0 Å². The van der Waals surface area contributed by atoms with E-state index in [-0.39, 0.29) is 0 Å². The average molecular weight is 611 g/mol. The Balaban J connectivity index is 1.48. The zero-order chi connectivity index (χ0) is 32.9. The first-order valence-corrected chi connectivity index (χ1v) is 14.8. The molecule has 8 aromatic rings. The molecule has 8 nitrogen and oxygen atoms in total. The standard InChI is InChI=1S/C40H18N8/c1-44-27-6-11-38-33(18-27)34-19-28(45-2)7-12-39(34)47(38)35-8-3-24(20-41)15-30(35)29-13-14-46-23-40(29)48-36-9-4-25(21-42)16-31(36)32-17-26(22-43)5-10-37(32)48/h3-19,23H. The van der Waals surface area contributed by atoms with Crippen molar-refractivity contribution in [3.8, 4) is 40.7 Å². The molecule has 0 amide bonds. The number of fused-ring (bicyclic) bond motifs is 6. The molecule has 0 saturated heterocycles. The van der Waals surface area contributed by atoms with Gasteiger partial charge in [-0.1, -0.05) is 12.1 Å². The Hall–Kier alpha value is -7.70. The van der Waals surface area contributed by atoms with E-state index < -0.39 is 0 Å². The molecule has 3 heterocycles. The summed E-state index contributed by atoms with van der Waals surface area (Å²) in [7, 11) is 0. The van der Waals surface area contributed by atoms with Gasteiger partial charge >= 0.3 is 0 Å². The zero-order valence-electron chi connectivity index (χ0n) is 25.0. The van der Waals surface area contributed by atoms with E-state index in [0.717, 1.165) is 66.1 Å². The molecule has 5 aromatic carbocycles. The minimum Gasteiger partial charge on any atom is -0.309 e. The Labute approximate surface area is 274 Å². The highest BCUT2D eigenvalue weighted by molar-refractivity contribution is 6.13. The van der Waals surface area contributed by atoms with Crippen LogP contribution in [-0.2, 0) is 0 Å². The quantitative estimate of drug-likeness (QED) is 0.186. The van der Waals surface area contributed by atoms with Gasteiger partial charge in [-0.3, -0.25) is 4.98 Å². The maximum atomic E-state index is 10.0. The number of hydrogen-bond donors (Lipinski definition) is 0. The summed E-state index contributed by atoms with van der Waals surface area (Å²) in [4.78, 5) is 11.8. The second-order valence-corrected chi connectivity index (χ2v) is 11.2. The van der Waals surface area contributed by atoms with E-state index in [9.17, 15) is 15.8 Å². The Bertz CT molecular complexity index is 2760. The molecule has 0 spiro atoms. The minimum absolute atomic E-state index is 0.474. The predicted molar refractivity (Wildman–Crippen MR) is 185 cm³/mol. The molecule has 0 unspecified atom stereocenters. The maximum Gasteiger partial charge on any atom is 0.188 e. The lowest BCUT2D eigenvalue weighted by Gasteiger charge is -2.18. The van der Waals surface area contributed by atoms with Gasteiger partial charge in [0.1, 0.15) is 0 Å². The van der Waals surface area contributed by atoms with Crippen molar-refractivity contribution in [3.63, 3.8) is 0 Å². The lowest BCUT2D eigenvalue weighted by molar-refractivity contribution is 1.13. The smallest absolute Gasteiger partial charge is 0.188 e. The fourth-order valence-corrected chi connectivity index (χ4v) is 6.63. The molecule has 218 valence electrons. The number of hydrogen-bond acceptors (Lipinski definition) is 4. The molecule has 0 aliphatic rings. The van der Waals surface area contributed by atoms with Gasteiger partial charge in [0.05, 0.1) is 87.7 Å². The Morgan fingerprint density at radius 3 is 1.48 bits per heavy atom. The topological polar surface area (TPSA) is 103 Å². The predicted octanol–water partition coefficient (Wildman–Crippen LogP) is 9.66. The van der Waals surface area contributed by atoms with E-state index >= 15 is 0 Å². The van der Waals surface area contributed by atoms with Gasteiger partial charge < -0.3 is 9.13 Å². The molecule has 8 heteroatoms. The molecular weight excluding hydrogens is 592 g/mol. The summed E-state index contributed by atoms with van der Waals surface area (Å²) < 4.78 is 4.19. The molecule has 3 aromatic heterocycles. The molecule has 0 N–H and O–H groups in total. The van der Waals surface area contributed by atoms with Gasteiger partial charge in [0.25, 0.3) is 0 Å². The third-order valence-corrected chi connectivity index (χ3v) is 8.71. The number of benzene rings is 5. The number of nitrogens with zero attached hydrogens (tertiary/aromatic N) is 8. The molecule has 0 radical (unpaired) electrons. The number of rotatable bonds is 3. The van der Waals surface area contributed by atoms with Crippen molar-refractivity contribution in [3.05, 3.63) is 149 Å². The first-order chi connectivity index (χ1) is 23.6. The van der Waals surface area contributed by atoms with Crippen LogP contribution in [0.25, 0.3) is 75.8 Å². The largest absolute Gasteiger partial charge is 0.309 e. The third kappa shape index (κ3) is 4.08. The van der Waals surface area contributed by atoms with Gasteiger partial charge in [0.15, 0.2) is 11.4 Å². The van der Waals surface area contributed by atoms with Crippen LogP contribution in [0.3, 0.4) is 0 Å². The first-order valence-electron chi connectivity index (χ1n) is 14.8. The van der Waals surface area contributed by atoms with Crippen molar-refractivity contribution in [2.24, 2.45) is 0 Å². The number of aromatic nitrogens is 3. The van der Waals surface area contributed by atoms with Crippen LogP contribution in [0.5, 0.6) is 0 Å². The second kappa shape index (κ2) is 10.7. The van der Waals surface area contributed by atoms with Crippen molar-refractivity contribution < 1.29 is 0 Å². The lowest BCUT2D eigenvalue weighted by Crippen LogP contribution is -2.02. The van der Waals surface area contributed by atoms with Crippen LogP contribution in [0.1, 0.15) is 16.7 Å². The third-order valence-electron chi connectivity index (χ3n) is 8.71. The molecule has 0 atom stereocenters. The summed E-state index contributed by atoms with van der Waals surface area (Å²) in [6.07, 6.45) is 3.50. The number of nitriles is 3. The van der Waals surface area contributed by atoms with Crippen LogP contribution in [0, 0.1) is 47.1 Å². The van der Waals surface area contributed by atoms with Crippen LogP contribution in [0.15, 0.2) is 109 Å². The Kier molecular flexibility index (Phi) is 6.22. The molecule has 0 aliphatic carbocycles. The van der Waals surface area contributed by atoms with Gasteiger partial charge in [-0.15, -0.1) is 0 Å². The van der Waals surface area contributed by atoms with Crippen LogP contribution in [0.4, 0.5) is 11.4 Å². The summed E-state index contributed by atoms with van der Waals surface area (Å²) in [5, 5.41) is 32.8. The molecule has 0 saturated carbocycles. The van der Waals surface area contributed by atoms with Gasteiger partial charge in [-0.05, 0) is 95.7 Å². The SMILES string of the molecule is [C-]#[N+]c1ccc2c(c1)c1cc([N+]#[C-])ccc1n2-c1ccc(C#N)cc1-c1ccncc1-n1c2ccc(C#N)cc2c2cc(C#N)ccc21. The number of pyridine rings is 1. The fourth-order valence-electron chi connectivity index (χ4n) is 6.63. The summed E-state index contributed by atoms with van der Waals surface area (Å²) >= 11 is 0. The normalized spacial score (nSPS) is 10.8.